The molecule has 1 atom stereocenters. The van der Waals surface area contributed by atoms with Crippen LogP contribution in [-0.2, 0) is 12.8 Å². The van der Waals surface area contributed by atoms with E-state index < -0.39 is 0 Å². The number of benzene rings is 1. The average molecular weight is 323 g/mol. The van der Waals surface area contributed by atoms with Crippen LogP contribution >= 0.6 is 22.9 Å². The van der Waals surface area contributed by atoms with Gasteiger partial charge in [-0.25, -0.2) is 4.98 Å². The van der Waals surface area contributed by atoms with Gasteiger partial charge in [-0.15, -0.1) is 11.3 Å². The molecule has 4 heteroatoms. The lowest BCUT2D eigenvalue weighted by atomic mass is 9.95. The van der Waals surface area contributed by atoms with Gasteiger partial charge in [0.1, 0.15) is 0 Å². The van der Waals surface area contributed by atoms with Gasteiger partial charge in [-0.3, -0.25) is 0 Å². The molecule has 2 nitrogen and oxygen atoms in total. The summed E-state index contributed by atoms with van der Waals surface area (Å²) in [6, 6.07) is 8.16. The van der Waals surface area contributed by atoms with Gasteiger partial charge in [-0.1, -0.05) is 36.7 Å². The molecular weight excluding hydrogens is 300 g/mol. The molecule has 2 rings (SSSR count). The topological polar surface area (TPSA) is 24.9 Å². The average Bonchev–Trinajstić information content (AvgIpc) is 2.87. The van der Waals surface area contributed by atoms with E-state index in [1.54, 1.807) is 11.3 Å². The maximum atomic E-state index is 6.31. The van der Waals surface area contributed by atoms with Gasteiger partial charge < -0.3 is 5.32 Å². The zero-order chi connectivity index (χ0) is 15.1. The monoisotopic (exact) mass is 322 g/mol. The van der Waals surface area contributed by atoms with Crippen LogP contribution in [0, 0.1) is 12.8 Å². The predicted molar refractivity (Wildman–Crippen MR) is 92.4 cm³/mol. The zero-order valence-electron chi connectivity index (χ0n) is 12.7. The van der Waals surface area contributed by atoms with Crippen LogP contribution in [0.1, 0.15) is 28.8 Å². The lowest BCUT2D eigenvalue weighted by Gasteiger charge is -2.17. The van der Waals surface area contributed by atoms with Crippen LogP contribution in [0.4, 0.5) is 0 Å². The summed E-state index contributed by atoms with van der Waals surface area (Å²) in [5.74, 6) is 0.552. The van der Waals surface area contributed by atoms with E-state index in [0.717, 1.165) is 36.0 Å². The minimum Gasteiger partial charge on any atom is -0.316 e. The highest BCUT2D eigenvalue weighted by molar-refractivity contribution is 7.11. The molecule has 0 fully saturated rings. The second-order valence-electron chi connectivity index (χ2n) is 5.42. The van der Waals surface area contributed by atoms with Crippen molar-refractivity contribution in [3.8, 4) is 0 Å². The first-order chi connectivity index (χ1) is 10.2. The largest absolute Gasteiger partial charge is 0.316 e. The Morgan fingerprint density at radius 1 is 1.29 bits per heavy atom. The molecular formula is C17H23ClN2S. The molecule has 1 unspecified atom stereocenters. The van der Waals surface area contributed by atoms with Crippen LogP contribution in [0.25, 0.3) is 0 Å². The SMILES string of the molecule is CCCNCC(Cc1cnc(C)s1)Cc1ccccc1Cl. The van der Waals surface area contributed by atoms with Crippen LogP contribution in [0.15, 0.2) is 30.5 Å². The molecule has 0 radical (unpaired) electrons. The van der Waals surface area contributed by atoms with Gasteiger partial charge in [-0.05, 0) is 56.8 Å². The van der Waals surface area contributed by atoms with Crippen LogP contribution in [0.2, 0.25) is 5.02 Å². The first-order valence-electron chi connectivity index (χ1n) is 7.54. The number of hydrogen-bond donors (Lipinski definition) is 1. The Morgan fingerprint density at radius 2 is 2.10 bits per heavy atom. The van der Waals surface area contributed by atoms with E-state index in [4.69, 9.17) is 11.6 Å². The van der Waals surface area contributed by atoms with Crippen molar-refractivity contribution in [3.05, 3.63) is 50.9 Å². The van der Waals surface area contributed by atoms with Gasteiger partial charge in [0.15, 0.2) is 0 Å². The Morgan fingerprint density at radius 3 is 2.76 bits per heavy atom. The number of aryl methyl sites for hydroxylation is 1. The number of nitrogens with one attached hydrogen (secondary N) is 1. The van der Waals surface area contributed by atoms with E-state index in [2.05, 4.69) is 36.3 Å². The van der Waals surface area contributed by atoms with Crippen LogP contribution < -0.4 is 5.32 Å². The molecule has 0 spiro atoms. The Bertz CT molecular complexity index is 553. The maximum absolute atomic E-state index is 6.31. The molecule has 0 aliphatic rings. The third kappa shape index (κ3) is 5.42. The maximum Gasteiger partial charge on any atom is 0.0896 e. The number of thiazole rings is 1. The molecule has 114 valence electrons. The first-order valence-corrected chi connectivity index (χ1v) is 8.74. The lowest BCUT2D eigenvalue weighted by molar-refractivity contribution is 0.473. The molecule has 21 heavy (non-hydrogen) atoms. The summed E-state index contributed by atoms with van der Waals surface area (Å²) in [5.41, 5.74) is 1.24. The number of aromatic nitrogens is 1. The quantitative estimate of drug-likeness (QED) is 0.723. The molecule has 0 amide bonds. The molecule has 1 aromatic heterocycles. The highest BCUT2D eigenvalue weighted by Gasteiger charge is 2.14. The van der Waals surface area contributed by atoms with Gasteiger partial charge in [-0.2, -0.15) is 0 Å². The van der Waals surface area contributed by atoms with E-state index in [-0.39, 0.29) is 0 Å². The second-order valence-corrected chi connectivity index (χ2v) is 7.14. The third-order valence-corrected chi connectivity index (χ3v) is 4.79. The Kier molecular flexibility index (Phi) is 6.68. The van der Waals surface area contributed by atoms with Gasteiger partial charge in [0.2, 0.25) is 0 Å². The van der Waals surface area contributed by atoms with Crippen molar-refractivity contribution in [2.75, 3.05) is 13.1 Å². The standard InChI is InChI=1S/C17H23ClN2S/c1-3-8-19-11-14(10-16-12-20-13(2)21-16)9-15-6-4-5-7-17(15)18/h4-7,12,14,19H,3,8-11H2,1-2H3. The summed E-state index contributed by atoms with van der Waals surface area (Å²) < 4.78 is 0. The molecule has 0 aliphatic carbocycles. The van der Waals surface area contributed by atoms with E-state index in [0.29, 0.717) is 5.92 Å². The molecule has 1 N–H and O–H groups in total. The van der Waals surface area contributed by atoms with E-state index >= 15 is 0 Å². The summed E-state index contributed by atoms with van der Waals surface area (Å²) in [4.78, 5) is 5.73. The van der Waals surface area contributed by atoms with Crippen molar-refractivity contribution in [3.63, 3.8) is 0 Å². The fraction of sp³-hybridized carbons (Fsp3) is 0.471. The summed E-state index contributed by atoms with van der Waals surface area (Å²) in [7, 11) is 0. The number of nitrogens with zero attached hydrogens (tertiary/aromatic N) is 1. The number of rotatable bonds is 8. The predicted octanol–water partition coefficient (Wildman–Crippen LogP) is 4.51. The molecule has 2 aromatic rings. The van der Waals surface area contributed by atoms with E-state index in [9.17, 15) is 0 Å². The number of halogens is 1. The molecule has 0 bridgehead atoms. The molecule has 1 aromatic carbocycles. The molecule has 0 saturated heterocycles. The minimum absolute atomic E-state index is 0.552. The van der Waals surface area contributed by atoms with Crippen LogP contribution in [0.5, 0.6) is 0 Å². The highest BCUT2D eigenvalue weighted by atomic mass is 35.5. The first kappa shape index (κ1) is 16.5. The van der Waals surface area contributed by atoms with Crippen molar-refractivity contribution in [1.29, 1.82) is 0 Å². The summed E-state index contributed by atoms with van der Waals surface area (Å²) >= 11 is 8.10. The normalized spacial score (nSPS) is 12.5. The lowest BCUT2D eigenvalue weighted by Crippen LogP contribution is -2.26. The fourth-order valence-corrected chi connectivity index (χ4v) is 3.58. The molecule has 1 heterocycles. The van der Waals surface area contributed by atoms with E-state index in [1.165, 1.54) is 16.9 Å². The highest BCUT2D eigenvalue weighted by Crippen LogP contribution is 2.23. The Balaban J connectivity index is 2.02. The molecule has 0 aliphatic heterocycles. The number of hydrogen-bond acceptors (Lipinski definition) is 3. The van der Waals surface area contributed by atoms with Crippen molar-refractivity contribution in [1.82, 2.24) is 10.3 Å². The summed E-state index contributed by atoms with van der Waals surface area (Å²) in [5, 5.41) is 5.56. The van der Waals surface area contributed by atoms with Crippen molar-refractivity contribution < 1.29 is 0 Å². The Hall–Kier alpha value is -0.900. The summed E-state index contributed by atoms with van der Waals surface area (Å²) in [6.07, 6.45) is 5.25. The van der Waals surface area contributed by atoms with Crippen LogP contribution in [0.3, 0.4) is 0 Å². The Labute approximate surface area is 136 Å². The van der Waals surface area contributed by atoms with Gasteiger partial charge >= 0.3 is 0 Å². The van der Waals surface area contributed by atoms with Gasteiger partial charge in [0.05, 0.1) is 5.01 Å². The smallest absolute Gasteiger partial charge is 0.0896 e. The van der Waals surface area contributed by atoms with Crippen molar-refractivity contribution in [2.45, 2.75) is 33.1 Å². The van der Waals surface area contributed by atoms with Crippen molar-refractivity contribution >= 4 is 22.9 Å². The minimum atomic E-state index is 0.552. The van der Waals surface area contributed by atoms with Gasteiger partial charge in [0.25, 0.3) is 0 Å². The molecule has 0 saturated carbocycles. The zero-order valence-corrected chi connectivity index (χ0v) is 14.3. The van der Waals surface area contributed by atoms with E-state index in [1.807, 2.05) is 18.3 Å². The van der Waals surface area contributed by atoms with Crippen molar-refractivity contribution in [2.24, 2.45) is 5.92 Å². The second kappa shape index (κ2) is 8.52. The third-order valence-electron chi connectivity index (χ3n) is 3.49. The van der Waals surface area contributed by atoms with Crippen LogP contribution in [-0.4, -0.2) is 18.1 Å². The van der Waals surface area contributed by atoms with Gasteiger partial charge in [0, 0.05) is 16.1 Å². The summed E-state index contributed by atoms with van der Waals surface area (Å²) in [6.45, 7) is 6.35. The fourth-order valence-electron chi connectivity index (χ4n) is 2.46.